The van der Waals surface area contributed by atoms with Crippen molar-refractivity contribution in [2.45, 2.75) is 24.2 Å². The first-order chi connectivity index (χ1) is 8.25. The van der Waals surface area contributed by atoms with Gasteiger partial charge in [0.15, 0.2) is 0 Å². The summed E-state index contributed by atoms with van der Waals surface area (Å²) in [5.74, 6) is 0.545. The molecular weight excluding hydrogens is 240 g/mol. The number of hydrogen-bond acceptors (Lipinski definition) is 2. The maximum Gasteiger partial charge on any atom is 0.247 e. The van der Waals surface area contributed by atoms with E-state index in [1.807, 2.05) is 18.2 Å². The van der Waals surface area contributed by atoms with E-state index in [2.05, 4.69) is 11.4 Å². The third kappa shape index (κ3) is 3.96. The van der Waals surface area contributed by atoms with Gasteiger partial charge in [0.25, 0.3) is 0 Å². The SMILES string of the molecule is FC(F)CSc1ccccc1CC1CCNC1. The quantitative estimate of drug-likeness (QED) is 0.813. The second kappa shape index (κ2) is 6.36. The van der Waals surface area contributed by atoms with Crippen molar-refractivity contribution < 1.29 is 8.78 Å². The molecule has 1 unspecified atom stereocenters. The molecule has 0 amide bonds. The minimum Gasteiger partial charge on any atom is -0.316 e. The average molecular weight is 257 g/mol. The third-order valence-electron chi connectivity index (χ3n) is 3.01. The van der Waals surface area contributed by atoms with E-state index < -0.39 is 6.43 Å². The summed E-state index contributed by atoms with van der Waals surface area (Å²) in [5, 5.41) is 3.34. The van der Waals surface area contributed by atoms with E-state index in [-0.39, 0.29) is 5.75 Å². The molecule has 1 heterocycles. The molecule has 0 saturated carbocycles. The fraction of sp³-hybridized carbons (Fsp3) is 0.538. The van der Waals surface area contributed by atoms with Crippen molar-refractivity contribution in [3.63, 3.8) is 0 Å². The van der Waals surface area contributed by atoms with Gasteiger partial charge in [-0.3, -0.25) is 0 Å². The van der Waals surface area contributed by atoms with Gasteiger partial charge in [-0.2, -0.15) is 0 Å². The van der Waals surface area contributed by atoms with Crippen LogP contribution in [0.25, 0.3) is 0 Å². The molecule has 0 spiro atoms. The van der Waals surface area contributed by atoms with Gasteiger partial charge in [0.2, 0.25) is 6.43 Å². The van der Waals surface area contributed by atoms with Crippen LogP contribution in [0.2, 0.25) is 0 Å². The Hall–Kier alpha value is -0.610. The van der Waals surface area contributed by atoms with Crippen LogP contribution in [-0.4, -0.2) is 25.3 Å². The molecule has 1 N–H and O–H groups in total. The fourth-order valence-corrected chi connectivity index (χ4v) is 2.98. The van der Waals surface area contributed by atoms with Crippen molar-refractivity contribution in [1.82, 2.24) is 5.32 Å². The zero-order chi connectivity index (χ0) is 12.1. The van der Waals surface area contributed by atoms with Crippen LogP contribution in [0.3, 0.4) is 0 Å². The van der Waals surface area contributed by atoms with E-state index >= 15 is 0 Å². The van der Waals surface area contributed by atoms with E-state index in [0.29, 0.717) is 5.92 Å². The smallest absolute Gasteiger partial charge is 0.247 e. The summed E-state index contributed by atoms with van der Waals surface area (Å²) in [6.07, 6.45) is -0.0472. The van der Waals surface area contributed by atoms with Gasteiger partial charge < -0.3 is 5.32 Å². The molecule has 0 aliphatic carbocycles. The zero-order valence-corrected chi connectivity index (χ0v) is 10.5. The van der Waals surface area contributed by atoms with Crippen molar-refractivity contribution in [1.29, 1.82) is 0 Å². The van der Waals surface area contributed by atoms with Crippen LogP contribution in [0, 0.1) is 5.92 Å². The summed E-state index contributed by atoms with van der Waals surface area (Å²) < 4.78 is 24.5. The van der Waals surface area contributed by atoms with Gasteiger partial charge in [0, 0.05) is 4.90 Å². The Balaban J connectivity index is 1.99. The first kappa shape index (κ1) is 12.8. The first-order valence-corrected chi connectivity index (χ1v) is 6.94. The number of nitrogens with one attached hydrogen (secondary N) is 1. The molecule has 1 aliphatic heterocycles. The van der Waals surface area contributed by atoms with Gasteiger partial charge in [-0.05, 0) is 43.5 Å². The largest absolute Gasteiger partial charge is 0.316 e. The number of alkyl halides is 2. The Kier molecular flexibility index (Phi) is 4.80. The standard InChI is InChI=1S/C13H17F2NS/c14-13(15)9-17-12-4-2-1-3-11(12)7-10-5-6-16-8-10/h1-4,10,13,16H,5-9H2. The molecule has 4 heteroatoms. The normalized spacial score (nSPS) is 20.1. The van der Waals surface area contributed by atoms with Gasteiger partial charge in [-0.15, -0.1) is 11.8 Å². The molecule has 1 aliphatic rings. The predicted molar refractivity (Wildman–Crippen MR) is 67.9 cm³/mol. The zero-order valence-electron chi connectivity index (χ0n) is 9.66. The second-order valence-corrected chi connectivity index (χ2v) is 5.43. The lowest BCUT2D eigenvalue weighted by atomic mass is 9.99. The van der Waals surface area contributed by atoms with Crippen molar-refractivity contribution in [2.24, 2.45) is 5.92 Å². The third-order valence-corrected chi connectivity index (χ3v) is 4.14. The number of hydrogen-bond donors (Lipinski definition) is 1. The average Bonchev–Trinajstić information content (AvgIpc) is 2.80. The molecule has 0 aromatic heterocycles. The van der Waals surface area contributed by atoms with E-state index in [1.165, 1.54) is 23.7 Å². The molecule has 1 aromatic rings. The summed E-state index contributed by atoms with van der Waals surface area (Å²) in [6.45, 7) is 2.13. The molecule has 1 fully saturated rings. The number of halogens is 2. The Morgan fingerprint density at radius 1 is 1.35 bits per heavy atom. The lowest BCUT2D eigenvalue weighted by Crippen LogP contribution is -2.11. The molecule has 0 radical (unpaired) electrons. The van der Waals surface area contributed by atoms with Gasteiger partial charge in [0.05, 0.1) is 5.75 Å². The highest BCUT2D eigenvalue weighted by molar-refractivity contribution is 7.99. The highest BCUT2D eigenvalue weighted by atomic mass is 32.2. The maximum atomic E-state index is 12.2. The lowest BCUT2D eigenvalue weighted by molar-refractivity contribution is 0.177. The minimum absolute atomic E-state index is 0.111. The van der Waals surface area contributed by atoms with Crippen molar-refractivity contribution in [2.75, 3.05) is 18.8 Å². The van der Waals surface area contributed by atoms with E-state index in [4.69, 9.17) is 0 Å². The molecule has 1 nitrogen and oxygen atoms in total. The summed E-state index contributed by atoms with van der Waals surface area (Å²) in [7, 11) is 0. The van der Waals surface area contributed by atoms with Crippen LogP contribution in [0.5, 0.6) is 0 Å². The fourth-order valence-electron chi connectivity index (χ4n) is 2.17. The molecule has 1 atom stereocenters. The molecule has 0 bridgehead atoms. The Morgan fingerprint density at radius 2 is 2.18 bits per heavy atom. The monoisotopic (exact) mass is 257 g/mol. The topological polar surface area (TPSA) is 12.0 Å². The molecule has 1 saturated heterocycles. The predicted octanol–water partition coefficient (Wildman–Crippen LogP) is 3.20. The number of thioether (sulfide) groups is 1. The second-order valence-electron chi connectivity index (χ2n) is 4.37. The van der Waals surface area contributed by atoms with Crippen molar-refractivity contribution in [3.05, 3.63) is 29.8 Å². The molecule has 1 aromatic carbocycles. The maximum absolute atomic E-state index is 12.2. The lowest BCUT2D eigenvalue weighted by Gasteiger charge is -2.12. The number of rotatable bonds is 5. The van der Waals surface area contributed by atoms with E-state index in [1.54, 1.807) is 0 Å². The van der Waals surface area contributed by atoms with Crippen LogP contribution in [0.15, 0.2) is 29.2 Å². The van der Waals surface area contributed by atoms with Crippen LogP contribution in [-0.2, 0) is 6.42 Å². The van der Waals surface area contributed by atoms with Gasteiger partial charge in [-0.25, -0.2) is 8.78 Å². The summed E-state index contributed by atoms with van der Waals surface area (Å²) >= 11 is 1.27. The highest BCUT2D eigenvalue weighted by Gasteiger charge is 2.16. The van der Waals surface area contributed by atoms with Crippen molar-refractivity contribution >= 4 is 11.8 Å². The van der Waals surface area contributed by atoms with E-state index in [0.717, 1.165) is 24.4 Å². The van der Waals surface area contributed by atoms with Crippen LogP contribution < -0.4 is 5.32 Å². The van der Waals surface area contributed by atoms with Crippen LogP contribution >= 0.6 is 11.8 Å². The van der Waals surface area contributed by atoms with Crippen LogP contribution in [0.4, 0.5) is 8.78 Å². The van der Waals surface area contributed by atoms with E-state index in [9.17, 15) is 8.78 Å². The number of benzene rings is 1. The van der Waals surface area contributed by atoms with Crippen LogP contribution in [0.1, 0.15) is 12.0 Å². The Bertz CT molecular complexity index is 351. The minimum atomic E-state index is -2.23. The summed E-state index contributed by atoms with van der Waals surface area (Å²) in [6, 6.07) is 7.92. The molecule has 2 rings (SSSR count). The molecular formula is C13H17F2NS. The molecule has 17 heavy (non-hydrogen) atoms. The van der Waals surface area contributed by atoms with Gasteiger partial charge in [-0.1, -0.05) is 18.2 Å². The Morgan fingerprint density at radius 3 is 2.88 bits per heavy atom. The summed E-state index contributed by atoms with van der Waals surface area (Å²) in [5.41, 5.74) is 1.21. The summed E-state index contributed by atoms with van der Waals surface area (Å²) in [4.78, 5) is 1.01. The first-order valence-electron chi connectivity index (χ1n) is 5.95. The van der Waals surface area contributed by atoms with Gasteiger partial charge in [0.1, 0.15) is 0 Å². The molecule has 94 valence electrons. The van der Waals surface area contributed by atoms with Crippen molar-refractivity contribution in [3.8, 4) is 0 Å². The van der Waals surface area contributed by atoms with Gasteiger partial charge >= 0.3 is 0 Å². The highest BCUT2D eigenvalue weighted by Crippen LogP contribution is 2.27. The Labute approximate surface area is 105 Å².